The standard InChI is InChI=1S/C29H29NO7/c1-5-36-24-15-21-16-26(31)30(22-13-11-20(12-14-22)29(33)35-4)27(23(21)17-25(24)37-6-2)18-7-9-19(10-8-18)28(32)34-3/h7-15,17,27H,5-6,16H2,1-4H3/t27-/m0/s1. The van der Waals surface area contributed by atoms with Gasteiger partial charge in [0.05, 0.1) is 51.0 Å². The van der Waals surface area contributed by atoms with Crippen LogP contribution in [0.3, 0.4) is 0 Å². The lowest BCUT2D eigenvalue weighted by molar-refractivity contribution is -0.118. The number of anilines is 1. The number of fused-ring (bicyclic) bond motifs is 1. The van der Waals surface area contributed by atoms with E-state index >= 15 is 0 Å². The quantitative estimate of drug-likeness (QED) is 0.410. The van der Waals surface area contributed by atoms with Crippen LogP contribution in [0.4, 0.5) is 5.69 Å². The summed E-state index contributed by atoms with van der Waals surface area (Å²) in [4.78, 5) is 39.3. The maximum atomic E-state index is 13.6. The highest BCUT2D eigenvalue weighted by molar-refractivity contribution is 5.99. The molecule has 0 bridgehead atoms. The third-order valence-corrected chi connectivity index (χ3v) is 6.18. The average molecular weight is 504 g/mol. The molecule has 37 heavy (non-hydrogen) atoms. The summed E-state index contributed by atoms with van der Waals surface area (Å²) in [6.45, 7) is 4.71. The second-order valence-corrected chi connectivity index (χ2v) is 8.36. The second-order valence-electron chi connectivity index (χ2n) is 8.36. The molecule has 0 aromatic heterocycles. The molecule has 0 spiro atoms. The fourth-order valence-corrected chi connectivity index (χ4v) is 4.51. The van der Waals surface area contributed by atoms with Gasteiger partial charge in [-0.1, -0.05) is 12.1 Å². The molecule has 1 heterocycles. The number of rotatable bonds is 8. The van der Waals surface area contributed by atoms with Crippen LogP contribution >= 0.6 is 0 Å². The van der Waals surface area contributed by atoms with Gasteiger partial charge in [-0.15, -0.1) is 0 Å². The van der Waals surface area contributed by atoms with Crippen LogP contribution in [-0.4, -0.2) is 45.3 Å². The minimum absolute atomic E-state index is 0.119. The van der Waals surface area contributed by atoms with E-state index in [2.05, 4.69) is 0 Å². The second kappa shape index (κ2) is 11.2. The lowest BCUT2D eigenvalue weighted by Gasteiger charge is -2.38. The van der Waals surface area contributed by atoms with Crippen molar-refractivity contribution in [2.75, 3.05) is 32.3 Å². The lowest BCUT2D eigenvalue weighted by atomic mass is 9.86. The Kier molecular flexibility index (Phi) is 7.77. The van der Waals surface area contributed by atoms with E-state index in [1.165, 1.54) is 14.2 Å². The summed E-state index contributed by atoms with van der Waals surface area (Å²) in [6.07, 6.45) is 0.164. The molecule has 4 rings (SSSR count). The molecule has 1 atom stereocenters. The van der Waals surface area contributed by atoms with Crippen molar-refractivity contribution in [3.8, 4) is 11.5 Å². The van der Waals surface area contributed by atoms with Gasteiger partial charge in [-0.3, -0.25) is 4.79 Å². The molecule has 3 aromatic carbocycles. The molecule has 8 heteroatoms. The van der Waals surface area contributed by atoms with Crippen LogP contribution in [0.2, 0.25) is 0 Å². The molecule has 0 fully saturated rings. The molecule has 0 unspecified atom stereocenters. The van der Waals surface area contributed by atoms with Crippen molar-refractivity contribution in [1.29, 1.82) is 0 Å². The monoisotopic (exact) mass is 503 g/mol. The summed E-state index contributed by atoms with van der Waals surface area (Å²) in [6, 6.07) is 17.0. The van der Waals surface area contributed by atoms with Gasteiger partial charge in [0.1, 0.15) is 0 Å². The summed E-state index contributed by atoms with van der Waals surface area (Å²) in [5, 5.41) is 0. The number of carbonyl (C=O) groups excluding carboxylic acids is 3. The predicted molar refractivity (Wildman–Crippen MR) is 137 cm³/mol. The van der Waals surface area contributed by atoms with Crippen LogP contribution in [0.5, 0.6) is 11.5 Å². The number of ether oxygens (including phenoxy) is 4. The maximum Gasteiger partial charge on any atom is 0.337 e. The van der Waals surface area contributed by atoms with E-state index in [-0.39, 0.29) is 12.3 Å². The zero-order chi connectivity index (χ0) is 26.5. The minimum Gasteiger partial charge on any atom is -0.490 e. The molecule has 1 aliphatic rings. The molecule has 8 nitrogen and oxygen atoms in total. The molecule has 0 aliphatic carbocycles. The van der Waals surface area contributed by atoms with Crippen LogP contribution in [0.1, 0.15) is 57.3 Å². The Morgan fingerprint density at radius 1 is 0.811 bits per heavy atom. The number of nitrogens with zero attached hydrogens (tertiary/aromatic N) is 1. The number of hydrogen-bond donors (Lipinski definition) is 0. The van der Waals surface area contributed by atoms with Crippen molar-refractivity contribution in [3.63, 3.8) is 0 Å². The Morgan fingerprint density at radius 2 is 1.32 bits per heavy atom. The minimum atomic E-state index is -0.512. The molecule has 3 aromatic rings. The first-order valence-corrected chi connectivity index (χ1v) is 12.0. The van der Waals surface area contributed by atoms with Gasteiger partial charge in [0.25, 0.3) is 0 Å². The zero-order valence-electron chi connectivity index (χ0n) is 21.3. The maximum absolute atomic E-state index is 13.6. The van der Waals surface area contributed by atoms with Gasteiger partial charge in [-0.25, -0.2) is 9.59 Å². The molecule has 1 amide bonds. The summed E-state index contributed by atoms with van der Waals surface area (Å²) in [7, 11) is 2.65. The van der Waals surface area contributed by atoms with Crippen LogP contribution < -0.4 is 14.4 Å². The number of methoxy groups -OCH3 is 2. The lowest BCUT2D eigenvalue weighted by Crippen LogP contribution is -2.41. The Bertz CT molecular complexity index is 1300. The molecule has 0 saturated carbocycles. The fourth-order valence-electron chi connectivity index (χ4n) is 4.51. The molecule has 1 aliphatic heterocycles. The van der Waals surface area contributed by atoms with E-state index in [4.69, 9.17) is 18.9 Å². The Labute approximate surface area is 215 Å². The van der Waals surface area contributed by atoms with E-state index in [0.717, 1.165) is 16.7 Å². The average Bonchev–Trinajstić information content (AvgIpc) is 2.92. The molecular formula is C29H29NO7. The third-order valence-electron chi connectivity index (χ3n) is 6.18. The first kappa shape index (κ1) is 25.8. The largest absolute Gasteiger partial charge is 0.490 e. The van der Waals surface area contributed by atoms with Gasteiger partial charge in [-0.05, 0) is 79.1 Å². The topological polar surface area (TPSA) is 91.4 Å². The van der Waals surface area contributed by atoms with Crippen LogP contribution in [-0.2, 0) is 20.7 Å². The van der Waals surface area contributed by atoms with Gasteiger partial charge in [0.2, 0.25) is 5.91 Å². The van der Waals surface area contributed by atoms with E-state index in [1.54, 1.807) is 41.3 Å². The zero-order valence-corrected chi connectivity index (χ0v) is 21.3. The van der Waals surface area contributed by atoms with E-state index in [9.17, 15) is 14.4 Å². The molecule has 0 saturated heterocycles. The van der Waals surface area contributed by atoms with Gasteiger partial charge < -0.3 is 23.8 Å². The highest BCUT2D eigenvalue weighted by Crippen LogP contribution is 2.43. The molecule has 0 radical (unpaired) electrons. The van der Waals surface area contributed by atoms with E-state index in [1.807, 2.05) is 38.1 Å². The highest BCUT2D eigenvalue weighted by Gasteiger charge is 2.36. The Balaban J connectivity index is 1.87. The van der Waals surface area contributed by atoms with Crippen molar-refractivity contribution < 1.29 is 33.3 Å². The van der Waals surface area contributed by atoms with Crippen LogP contribution in [0.15, 0.2) is 60.7 Å². The van der Waals surface area contributed by atoms with Crippen molar-refractivity contribution in [3.05, 3.63) is 88.5 Å². The first-order valence-electron chi connectivity index (χ1n) is 12.0. The summed E-state index contributed by atoms with van der Waals surface area (Å²) >= 11 is 0. The summed E-state index contributed by atoms with van der Waals surface area (Å²) in [5.74, 6) is 0.164. The predicted octanol–water partition coefficient (Wildman–Crippen LogP) is 4.74. The number of esters is 2. The first-order chi connectivity index (χ1) is 17.9. The molecule has 192 valence electrons. The van der Waals surface area contributed by atoms with Gasteiger partial charge in [-0.2, -0.15) is 0 Å². The summed E-state index contributed by atoms with van der Waals surface area (Å²) in [5.41, 5.74) is 3.93. The number of hydrogen-bond acceptors (Lipinski definition) is 7. The van der Waals surface area contributed by atoms with Crippen molar-refractivity contribution in [1.82, 2.24) is 0 Å². The van der Waals surface area contributed by atoms with Gasteiger partial charge >= 0.3 is 11.9 Å². The van der Waals surface area contributed by atoms with Crippen LogP contribution in [0, 0.1) is 0 Å². The number of amides is 1. The molecular weight excluding hydrogens is 474 g/mol. The summed E-state index contributed by atoms with van der Waals surface area (Å²) < 4.78 is 21.3. The van der Waals surface area contributed by atoms with E-state index < -0.39 is 18.0 Å². The molecule has 0 N–H and O–H groups in total. The third kappa shape index (κ3) is 5.14. The smallest absolute Gasteiger partial charge is 0.337 e. The van der Waals surface area contributed by atoms with E-state index in [0.29, 0.717) is 41.5 Å². The van der Waals surface area contributed by atoms with Crippen molar-refractivity contribution in [2.24, 2.45) is 0 Å². The fraction of sp³-hybridized carbons (Fsp3) is 0.276. The number of benzene rings is 3. The highest BCUT2D eigenvalue weighted by atomic mass is 16.5. The Hall–Kier alpha value is -4.33. The normalized spacial score (nSPS) is 14.5. The number of carbonyl (C=O) groups is 3. The van der Waals surface area contributed by atoms with Crippen LogP contribution in [0.25, 0.3) is 0 Å². The van der Waals surface area contributed by atoms with Gasteiger partial charge in [0.15, 0.2) is 11.5 Å². The van der Waals surface area contributed by atoms with Crippen molar-refractivity contribution in [2.45, 2.75) is 26.3 Å². The van der Waals surface area contributed by atoms with Crippen molar-refractivity contribution >= 4 is 23.5 Å². The SMILES string of the molecule is CCOc1cc2c(cc1OCC)[C@H](c1ccc(C(=O)OC)cc1)N(c1ccc(C(=O)OC)cc1)C(=O)C2. The Morgan fingerprint density at radius 3 is 1.84 bits per heavy atom. The van der Waals surface area contributed by atoms with Gasteiger partial charge in [0, 0.05) is 5.69 Å².